The minimum absolute atomic E-state index is 0.509. The fourth-order valence-corrected chi connectivity index (χ4v) is 1.85. The van der Waals surface area contributed by atoms with E-state index in [0.29, 0.717) is 6.04 Å². The summed E-state index contributed by atoms with van der Waals surface area (Å²) < 4.78 is 5.50. The zero-order chi connectivity index (χ0) is 11.5. The van der Waals surface area contributed by atoms with Gasteiger partial charge in [0, 0.05) is 30.7 Å². The lowest BCUT2D eigenvalue weighted by molar-refractivity contribution is 0.482. The highest BCUT2D eigenvalue weighted by Gasteiger charge is 2.20. The van der Waals surface area contributed by atoms with Crippen molar-refractivity contribution in [2.45, 2.75) is 52.2 Å². The predicted octanol–water partition coefficient (Wildman–Crippen LogP) is 2.13. The lowest BCUT2D eigenvalue weighted by Gasteiger charge is -2.13. The van der Waals surface area contributed by atoms with Gasteiger partial charge in [0.05, 0.1) is 0 Å². The van der Waals surface area contributed by atoms with Gasteiger partial charge in [-0.3, -0.25) is 0 Å². The maximum absolute atomic E-state index is 5.50. The second kappa shape index (κ2) is 5.02. The van der Waals surface area contributed by atoms with Crippen molar-refractivity contribution in [2.24, 2.45) is 0 Å². The summed E-state index contributed by atoms with van der Waals surface area (Å²) in [5.41, 5.74) is 1.27. The summed E-state index contributed by atoms with van der Waals surface area (Å²) in [6.45, 7) is 8.20. The van der Waals surface area contributed by atoms with Gasteiger partial charge in [-0.15, -0.1) is 0 Å². The average Bonchev–Trinajstić information content (AvgIpc) is 2.99. The highest BCUT2D eigenvalue weighted by atomic mass is 16.3. The zero-order valence-electron chi connectivity index (χ0n) is 10.5. The van der Waals surface area contributed by atoms with Gasteiger partial charge in [0.2, 0.25) is 0 Å². The third kappa shape index (κ3) is 3.35. The Morgan fingerprint density at radius 2 is 2.19 bits per heavy atom. The quantitative estimate of drug-likeness (QED) is 0.774. The van der Waals surface area contributed by atoms with Crippen molar-refractivity contribution in [1.82, 2.24) is 10.6 Å². The van der Waals surface area contributed by atoms with E-state index >= 15 is 0 Å². The summed E-state index contributed by atoms with van der Waals surface area (Å²) in [6.07, 6.45) is 2.71. The third-order valence-corrected chi connectivity index (χ3v) is 3.07. The van der Waals surface area contributed by atoms with Crippen molar-refractivity contribution in [3.05, 3.63) is 23.2 Å². The molecule has 90 valence electrons. The monoisotopic (exact) mass is 222 g/mol. The lowest BCUT2D eigenvalue weighted by atomic mass is 10.2. The van der Waals surface area contributed by atoms with Gasteiger partial charge in [-0.05, 0) is 39.7 Å². The first-order chi connectivity index (χ1) is 7.65. The van der Waals surface area contributed by atoms with Gasteiger partial charge in [-0.2, -0.15) is 0 Å². The minimum atomic E-state index is 0.509. The van der Waals surface area contributed by atoms with Gasteiger partial charge >= 0.3 is 0 Å². The molecule has 1 saturated carbocycles. The molecular weight excluding hydrogens is 200 g/mol. The van der Waals surface area contributed by atoms with E-state index in [1.807, 2.05) is 13.8 Å². The van der Waals surface area contributed by atoms with Crippen molar-refractivity contribution in [1.29, 1.82) is 0 Å². The second-order valence-electron chi connectivity index (χ2n) is 4.90. The molecule has 3 heteroatoms. The van der Waals surface area contributed by atoms with E-state index in [9.17, 15) is 0 Å². The van der Waals surface area contributed by atoms with Crippen LogP contribution in [0.5, 0.6) is 0 Å². The molecule has 0 amide bonds. The van der Waals surface area contributed by atoms with Crippen molar-refractivity contribution in [2.75, 3.05) is 6.54 Å². The van der Waals surface area contributed by atoms with Crippen molar-refractivity contribution < 1.29 is 4.42 Å². The van der Waals surface area contributed by atoms with E-state index in [4.69, 9.17) is 4.42 Å². The molecule has 0 bridgehead atoms. The number of aryl methyl sites for hydroxylation is 2. The van der Waals surface area contributed by atoms with E-state index < -0.39 is 0 Å². The highest BCUT2D eigenvalue weighted by molar-refractivity contribution is 5.19. The van der Waals surface area contributed by atoms with E-state index in [0.717, 1.165) is 30.7 Å². The molecule has 1 heterocycles. The molecule has 0 spiro atoms. The van der Waals surface area contributed by atoms with Crippen LogP contribution in [-0.2, 0) is 6.54 Å². The van der Waals surface area contributed by atoms with Crippen LogP contribution < -0.4 is 10.6 Å². The lowest BCUT2D eigenvalue weighted by Crippen LogP contribution is -2.36. The first kappa shape index (κ1) is 11.7. The number of rotatable bonds is 6. The van der Waals surface area contributed by atoms with Crippen LogP contribution in [0.15, 0.2) is 10.5 Å². The second-order valence-corrected chi connectivity index (χ2v) is 4.90. The van der Waals surface area contributed by atoms with E-state index in [2.05, 4.69) is 23.6 Å². The maximum atomic E-state index is 5.50. The van der Waals surface area contributed by atoms with Crippen LogP contribution in [0, 0.1) is 13.8 Å². The Bertz CT molecular complexity index is 342. The van der Waals surface area contributed by atoms with Crippen molar-refractivity contribution in [3.8, 4) is 0 Å². The molecule has 3 nitrogen and oxygen atoms in total. The normalized spacial score (nSPS) is 17.7. The molecule has 2 rings (SSSR count). The maximum Gasteiger partial charge on any atom is 0.105 e. The van der Waals surface area contributed by atoms with Gasteiger partial charge in [0.1, 0.15) is 11.5 Å². The minimum Gasteiger partial charge on any atom is -0.466 e. The first-order valence-electron chi connectivity index (χ1n) is 6.18. The Morgan fingerprint density at radius 3 is 2.75 bits per heavy atom. The summed E-state index contributed by atoms with van der Waals surface area (Å²) >= 11 is 0. The number of furan rings is 1. The fraction of sp³-hybridized carbons (Fsp3) is 0.692. The Kier molecular flexibility index (Phi) is 3.66. The standard InChI is InChI=1S/C13H22N2O/c1-9(7-15-13-4-5-13)14-8-12-6-10(2)16-11(12)3/h6,9,13-15H,4-5,7-8H2,1-3H3. The van der Waals surface area contributed by atoms with E-state index in [-0.39, 0.29) is 0 Å². The number of hydrogen-bond donors (Lipinski definition) is 2. The summed E-state index contributed by atoms with van der Waals surface area (Å²) in [6, 6.07) is 3.42. The largest absolute Gasteiger partial charge is 0.466 e. The molecule has 1 unspecified atom stereocenters. The van der Waals surface area contributed by atoms with E-state index in [1.165, 1.54) is 18.4 Å². The predicted molar refractivity (Wildman–Crippen MR) is 65.5 cm³/mol. The fourth-order valence-electron chi connectivity index (χ4n) is 1.85. The summed E-state index contributed by atoms with van der Waals surface area (Å²) in [7, 11) is 0. The summed E-state index contributed by atoms with van der Waals surface area (Å²) in [4.78, 5) is 0. The molecule has 1 aliphatic carbocycles. The molecule has 0 aromatic carbocycles. The zero-order valence-corrected chi connectivity index (χ0v) is 10.5. The summed E-state index contributed by atoms with van der Waals surface area (Å²) in [5, 5.41) is 7.04. The van der Waals surface area contributed by atoms with Crippen LogP contribution in [0.2, 0.25) is 0 Å². The molecule has 0 aliphatic heterocycles. The Balaban J connectivity index is 1.70. The topological polar surface area (TPSA) is 37.2 Å². The van der Waals surface area contributed by atoms with Crippen molar-refractivity contribution >= 4 is 0 Å². The van der Waals surface area contributed by atoms with Crippen molar-refractivity contribution in [3.63, 3.8) is 0 Å². The molecule has 1 aromatic rings. The van der Waals surface area contributed by atoms with Crippen LogP contribution in [0.4, 0.5) is 0 Å². The number of hydrogen-bond acceptors (Lipinski definition) is 3. The van der Waals surface area contributed by atoms with Gasteiger partial charge in [-0.1, -0.05) is 0 Å². The third-order valence-electron chi connectivity index (χ3n) is 3.07. The molecule has 1 fully saturated rings. The molecule has 16 heavy (non-hydrogen) atoms. The first-order valence-corrected chi connectivity index (χ1v) is 6.18. The van der Waals surface area contributed by atoms with E-state index in [1.54, 1.807) is 0 Å². The molecule has 2 N–H and O–H groups in total. The Labute approximate surface area is 97.6 Å². The Hall–Kier alpha value is -0.800. The molecular formula is C13H22N2O. The molecule has 1 aliphatic rings. The van der Waals surface area contributed by atoms with Gasteiger partial charge in [0.15, 0.2) is 0 Å². The molecule has 1 aromatic heterocycles. The molecule has 0 saturated heterocycles. The SMILES string of the molecule is Cc1cc(CNC(C)CNC2CC2)c(C)o1. The average molecular weight is 222 g/mol. The van der Waals surface area contributed by atoms with Crippen LogP contribution in [0.3, 0.4) is 0 Å². The van der Waals surface area contributed by atoms with Crippen LogP contribution >= 0.6 is 0 Å². The van der Waals surface area contributed by atoms with Gasteiger partial charge in [0.25, 0.3) is 0 Å². The van der Waals surface area contributed by atoms with Crippen LogP contribution in [0.25, 0.3) is 0 Å². The van der Waals surface area contributed by atoms with Crippen LogP contribution in [0.1, 0.15) is 36.8 Å². The van der Waals surface area contributed by atoms with Gasteiger partial charge < -0.3 is 15.1 Å². The molecule has 0 radical (unpaired) electrons. The van der Waals surface area contributed by atoms with Gasteiger partial charge in [-0.25, -0.2) is 0 Å². The smallest absolute Gasteiger partial charge is 0.105 e. The highest BCUT2D eigenvalue weighted by Crippen LogP contribution is 2.18. The van der Waals surface area contributed by atoms with Crippen LogP contribution in [-0.4, -0.2) is 18.6 Å². The Morgan fingerprint density at radius 1 is 1.44 bits per heavy atom. The summed E-state index contributed by atoms with van der Waals surface area (Å²) in [5.74, 6) is 2.03. The number of nitrogens with one attached hydrogen (secondary N) is 2. The molecule has 1 atom stereocenters.